The largest absolute Gasteiger partial charge is 0.351 e. The summed E-state index contributed by atoms with van der Waals surface area (Å²) in [5.74, 6) is 0.422. The smallest absolute Gasteiger partial charge is 0.251 e. The summed E-state index contributed by atoms with van der Waals surface area (Å²) in [5.41, 5.74) is 5.73. The predicted molar refractivity (Wildman–Crippen MR) is 106 cm³/mol. The van der Waals surface area contributed by atoms with Gasteiger partial charge in [0.15, 0.2) is 0 Å². The van der Waals surface area contributed by atoms with E-state index in [1.807, 2.05) is 36.2 Å². The van der Waals surface area contributed by atoms with Gasteiger partial charge in [0.2, 0.25) is 0 Å². The number of nitrogens with zero attached hydrogens (tertiary/aromatic N) is 2. The van der Waals surface area contributed by atoms with E-state index in [0.717, 1.165) is 37.2 Å². The number of hydrazone groups is 1. The van der Waals surface area contributed by atoms with E-state index in [1.54, 1.807) is 0 Å². The maximum Gasteiger partial charge on any atom is 0.251 e. The van der Waals surface area contributed by atoms with Crippen LogP contribution in [0.3, 0.4) is 0 Å². The molecule has 1 heterocycles. The van der Waals surface area contributed by atoms with Crippen molar-refractivity contribution in [3.05, 3.63) is 65.2 Å². The monoisotopic (exact) mass is 347 g/mol. The van der Waals surface area contributed by atoms with E-state index in [9.17, 15) is 4.79 Å². The summed E-state index contributed by atoms with van der Waals surface area (Å²) in [7, 11) is 0. The van der Waals surface area contributed by atoms with E-state index < -0.39 is 0 Å². The Bertz CT molecular complexity index is 826. The lowest BCUT2D eigenvalue weighted by Crippen LogP contribution is -2.30. The molecule has 0 saturated heterocycles. The third-order valence-corrected chi connectivity index (χ3v) is 5.41. The maximum atomic E-state index is 12.5. The van der Waals surface area contributed by atoms with Crippen LogP contribution >= 0.6 is 0 Å². The number of hydrogen-bond donors (Lipinski definition) is 1. The normalized spacial score (nSPS) is 19.0. The molecule has 1 atom stereocenters. The zero-order chi connectivity index (χ0) is 17.9. The van der Waals surface area contributed by atoms with Gasteiger partial charge >= 0.3 is 0 Å². The van der Waals surface area contributed by atoms with Gasteiger partial charge in [-0.3, -0.25) is 9.80 Å². The molecule has 26 heavy (non-hydrogen) atoms. The molecule has 0 saturated carbocycles. The van der Waals surface area contributed by atoms with Crippen LogP contribution in [0.5, 0.6) is 0 Å². The molecule has 1 amide bonds. The van der Waals surface area contributed by atoms with E-state index >= 15 is 0 Å². The Balaban J connectivity index is 1.38. The Morgan fingerprint density at radius 2 is 1.96 bits per heavy atom. The van der Waals surface area contributed by atoms with E-state index in [4.69, 9.17) is 0 Å². The summed E-state index contributed by atoms with van der Waals surface area (Å²) in [6.45, 7) is 3.66. The van der Waals surface area contributed by atoms with Crippen LogP contribution in [0.15, 0.2) is 53.6 Å². The number of fused-ring (bicyclic) bond motifs is 1. The Hall–Kier alpha value is -2.62. The number of rotatable bonds is 4. The highest BCUT2D eigenvalue weighted by molar-refractivity contribution is 5.94. The van der Waals surface area contributed by atoms with Crippen LogP contribution in [-0.4, -0.2) is 24.7 Å². The minimum absolute atomic E-state index is 0.000656. The molecule has 0 aromatic heterocycles. The summed E-state index contributed by atoms with van der Waals surface area (Å²) < 4.78 is 0. The predicted octanol–water partition coefficient (Wildman–Crippen LogP) is 4.12. The summed E-state index contributed by atoms with van der Waals surface area (Å²) in [6, 6.07) is 16.4. The molecule has 4 nitrogen and oxygen atoms in total. The van der Waals surface area contributed by atoms with Crippen molar-refractivity contribution in [3.63, 3.8) is 0 Å². The number of hydrogen-bond acceptors (Lipinski definition) is 3. The Morgan fingerprint density at radius 1 is 1.15 bits per heavy atom. The fourth-order valence-electron chi connectivity index (χ4n) is 3.93. The van der Waals surface area contributed by atoms with Gasteiger partial charge in [0.25, 0.3) is 5.91 Å². The number of carbonyl (C=O) groups excluding carboxylic acids is 1. The van der Waals surface area contributed by atoms with E-state index in [1.165, 1.54) is 17.5 Å². The van der Waals surface area contributed by atoms with Crippen molar-refractivity contribution in [2.24, 2.45) is 5.10 Å². The van der Waals surface area contributed by atoms with Crippen molar-refractivity contribution < 1.29 is 4.79 Å². The minimum atomic E-state index is 0.000656. The molecule has 0 radical (unpaired) electrons. The van der Waals surface area contributed by atoms with Crippen LogP contribution in [0, 0.1) is 0 Å². The van der Waals surface area contributed by atoms with Crippen molar-refractivity contribution in [3.8, 4) is 0 Å². The van der Waals surface area contributed by atoms with E-state index in [2.05, 4.69) is 34.7 Å². The molecule has 2 aromatic carbocycles. The first-order valence-corrected chi connectivity index (χ1v) is 9.48. The van der Waals surface area contributed by atoms with Crippen LogP contribution in [0.4, 0.5) is 5.69 Å². The van der Waals surface area contributed by atoms with Gasteiger partial charge in [-0.15, -0.1) is 0 Å². The summed E-state index contributed by atoms with van der Waals surface area (Å²) in [6.07, 6.45) is 4.50. The topological polar surface area (TPSA) is 44.7 Å². The maximum absolute atomic E-state index is 12.5. The molecule has 0 spiro atoms. The first-order valence-electron chi connectivity index (χ1n) is 9.48. The van der Waals surface area contributed by atoms with Crippen LogP contribution in [0.25, 0.3) is 0 Å². The zero-order valence-electron chi connectivity index (χ0n) is 15.2. The van der Waals surface area contributed by atoms with Crippen molar-refractivity contribution in [2.45, 2.75) is 38.5 Å². The third-order valence-electron chi connectivity index (χ3n) is 5.41. The molecule has 0 fully saturated rings. The minimum Gasteiger partial charge on any atom is -0.351 e. The van der Waals surface area contributed by atoms with E-state index in [0.29, 0.717) is 18.0 Å². The molecule has 4 heteroatoms. The molecular weight excluding hydrogens is 322 g/mol. The number of benzene rings is 2. The lowest BCUT2D eigenvalue weighted by atomic mass is 9.83. The number of nitrogens with one attached hydrogen (secondary N) is 1. The molecule has 1 aliphatic heterocycles. The van der Waals surface area contributed by atoms with Gasteiger partial charge in [0, 0.05) is 36.7 Å². The first kappa shape index (κ1) is 16.8. The van der Waals surface area contributed by atoms with Crippen LogP contribution < -0.4 is 10.3 Å². The van der Waals surface area contributed by atoms with Gasteiger partial charge in [0.1, 0.15) is 0 Å². The molecule has 2 aromatic rings. The highest BCUT2D eigenvalue weighted by Crippen LogP contribution is 2.30. The molecule has 4 rings (SSSR count). The molecule has 1 aliphatic carbocycles. The van der Waals surface area contributed by atoms with Crippen LogP contribution in [0.1, 0.15) is 53.6 Å². The van der Waals surface area contributed by atoms with Gasteiger partial charge in [-0.2, -0.15) is 5.10 Å². The highest BCUT2D eigenvalue weighted by atomic mass is 16.1. The van der Waals surface area contributed by atoms with E-state index in [-0.39, 0.29) is 5.91 Å². The highest BCUT2D eigenvalue weighted by Gasteiger charge is 2.20. The summed E-state index contributed by atoms with van der Waals surface area (Å²) >= 11 is 0. The standard InChI is InChI=1S/C22H25N3O/c1-16-13-14-25(24-16)20-11-9-18(10-12-20)22(26)23-15-19-7-4-6-17-5-2-3-8-21(17)19/h2-3,5,8-12,19H,4,6-7,13-15H2,1H3,(H,23,26)/t19-/m1/s1. The van der Waals surface area contributed by atoms with Crippen molar-refractivity contribution in [2.75, 3.05) is 18.1 Å². The molecule has 1 N–H and O–H groups in total. The van der Waals surface area contributed by atoms with Gasteiger partial charge < -0.3 is 5.32 Å². The zero-order valence-corrected chi connectivity index (χ0v) is 15.2. The number of aryl methyl sites for hydroxylation is 1. The van der Waals surface area contributed by atoms with Gasteiger partial charge in [-0.25, -0.2) is 0 Å². The lowest BCUT2D eigenvalue weighted by molar-refractivity contribution is 0.0950. The summed E-state index contributed by atoms with van der Waals surface area (Å²) in [5, 5.41) is 9.62. The molecule has 0 unspecified atom stereocenters. The number of anilines is 1. The molecule has 0 bridgehead atoms. The van der Waals surface area contributed by atoms with Crippen molar-refractivity contribution >= 4 is 17.3 Å². The average Bonchev–Trinajstić information content (AvgIpc) is 3.12. The second-order valence-electron chi connectivity index (χ2n) is 7.25. The fourth-order valence-corrected chi connectivity index (χ4v) is 3.93. The quantitative estimate of drug-likeness (QED) is 0.904. The fraction of sp³-hybridized carbons (Fsp3) is 0.364. The average molecular weight is 347 g/mol. The number of carbonyl (C=O) groups is 1. The molecule has 2 aliphatic rings. The second-order valence-corrected chi connectivity index (χ2v) is 7.25. The van der Waals surface area contributed by atoms with Gasteiger partial charge in [-0.1, -0.05) is 24.3 Å². The SMILES string of the molecule is CC1=NN(c2ccc(C(=O)NC[C@H]3CCCc4ccccc43)cc2)CC1. The Morgan fingerprint density at radius 3 is 2.73 bits per heavy atom. The van der Waals surface area contributed by atoms with Crippen LogP contribution in [-0.2, 0) is 6.42 Å². The second kappa shape index (κ2) is 7.32. The molecular formula is C22H25N3O. The Labute approximate surface area is 154 Å². The van der Waals surface area contributed by atoms with Gasteiger partial charge in [0.05, 0.1) is 5.69 Å². The Kier molecular flexibility index (Phi) is 4.74. The van der Waals surface area contributed by atoms with Gasteiger partial charge in [-0.05, 0) is 61.6 Å². The molecule has 134 valence electrons. The lowest BCUT2D eigenvalue weighted by Gasteiger charge is -2.25. The number of amides is 1. The van der Waals surface area contributed by atoms with Crippen molar-refractivity contribution in [1.82, 2.24) is 5.32 Å². The van der Waals surface area contributed by atoms with Crippen LogP contribution in [0.2, 0.25) is 0 Å². The third kappa shape index (κ3) is 3.50. The first-order chi connectivity index (χ1) is 12.7. The summed E-state index contributed by atoms with van der Waals surface area (Å²) in [4.78, 5) is 12.5. The van der Waals surface area contributed by atoms with Crippen molar-refractivity contribution in [1.29, 1.82) is 0 Å².